The first-order chi connectivity index (χ1) is 12.6. The number of rotatable bonds is 9. The molecule has 2 rings (SSSR count). The summed E-state index contributed by atoms with van der Waals surface area (Å²) in [5.41, 5.74) is 0.575. The Labute approximate surface area is 156 Å². The summed E-state index contributed by atoms with van der Waals surface area (Å²) in [4.78, 5) is 14.9. The van der Waals surface area contributed by atoms with Crippen LogP contribution in [0, 0.1) is 5.92 Å². The van der Waals surface area contributed by atoms with Crippen molar-refractivity contribution >= 4 is 5.91 Å². The van der Waals surface area contributed by atoms with Gasteiger partial charge in [0.1, 0.15) is 0 Å². The van der Waals surface area contributed by atoms with E-state index in [1.54, 1.807) is 19.2 Å². The number of likely N-dealkylation sites (tertiary alicyclic amines) is 1. The van der Waals surface area contributed by atoms with Gasteiger partial charge in [-0.05, 0) is 51.7 Å². The van der Waals surface area contributed by atoms with Gasteiger partial charge in [-0.15, -0.1) is 0 Å². The molecule has 0 aromatic heterocycles. The fraction of sp³-hybridized carbons (Fsp3) is 0.650. The van der Waals surface area contributed by atoms with Gasteiger partial charge in [0.25, 0.3) is 5.91 Å². The molecule has 0 bridgehead atoms. The molecule has 0 saturated carbocycles. The zero-order valence-corrected chi connectivity index (χ0v) is 16.4. The minimum absolute atomic E-state index is 0.00539. The molecule has 0 radical (unpaired) electrons. The van der Waals surface area contributed by atoms with Crippen LogP contribution in [0.4, 0.5) is 0 Å². The number of carbonyl (C=O) groups excluding carboxylic acids is 1. The maximum absolute atomic E-state index is 13.0. The van der Waals surface area contributed by atoms with E-state index in [1.807, 2.05) is 25.7 Å². The lowest BCUT2D eigenvalue weighted by molar-refractivity contribution is 0.0612. The Morgan fingerprint density at radius 3 is 2.00 bits per heavy atom. The fourth-order valence-electron chi connectivity index (χ4n) is 3.23. The minimum atomic E-state index is 0.00539. The van der Waals surface area contributed by atoms with Gasteiger partial charge >= 0.3 is 0 Å². The molecule has 1 heterocycles. The third-order valence-corrected chi connectivity index (χ3v) is 4.46. The summed E-state index contributed by atoms with van der Waals surface area (Å²) in [6, 6.07) is 3.53. The van der Waals surface area contributed by atoms with Gasteiger partial charge < -0.3 is 23.8 Å². The van der Waals surface area contributed by atoms with Crippen LogP contribution < -0.4 is 14.2 Å². The van der Waals surface area contributed by atoms with E-state index in [0.29, 0.717) is 48.6 Å². The molecule has 1 aliphatic heterocycles. The highest BCUT2D eigenvalue weighted by atomic mass is 16.5. The highest BCUT2D eigenvalue weighted by Crippen LogP contribution is 2.39. The van der Waals surface area contributed by atoms with Crippen LogP contribution >= 0.6 is 0 Å². The molecule has 0 aliphatic carbocycles. The molecule has 1 saturated heterocycles. The molecule has 1 aliphatic rings. The average Bonchev–Trinajstić information content (AvgIpc) is 2.65. The Kier molecular flexibility index (Phi) is 8.04. The van der Waals surface area contributed by atoms with Crippen molar-refractivity contribution in [1.29, 1.82) is 0 Å². The minimum Gasteiger partial charge on any atom is -0.490 e. The molecule has 26 heavy (non-hydrogen) atoms. The van der Waals surface area contributed by atoms with Gasteiger partial charge in [0.2, 0.25) is 5.75 Å². The smallest absolute Gasteiger partial charge is 0.254 e. The van der Waals surface area contributed by atoms with Crippen LogP contribution in [-0.4, -0.2) is 57.4 Å². The number of amides is 1. The van der Waals surface area contributed by atoms with E-state index in [2.05, 4.69) is 0 Å². The van der Waals surface area contributed by atoms with Crippen LogP contribution in [-0.2, 0) is 4.74 Å². The number of ether oxygens (including phenoxy) is 4. The van der Waals surface area contributed by atoms with Gasteiger partial charge in [-0.2, -0.15) is 0 Å². The Bertz CT molecular complexity index is 555. The average molecular weight is 365 g/mol. The van der Waals surface area contributed by atoms with Gasteiger partial charge in [0.15, 0.2) is 11.5 Å². The summed E-state index contributed by atoms with van der Waals surface area (Å²) < 4.78 is 22.4. The summed E-state index contributed by atoms with van der Waals surface area (Å²) >= 11 is 0. The van der Waals surface area contributed by atoms with E-state index in [9.17, 15) is 4.79 Å². The number of piperidine rings is 1. The van der Waals surface area contributed by atoms with Gasteiger partial charge in [0.05, 0.1) is 19.8 Å². The Balaban J connectivity index is 2.23. The molecule has 6 heteroatoms. The van der Waals surface area contributed by atoms with Gasteiger partial charge in [-0.3, -0.25) is 4.79 Å². The SMILES string of the molecule is CCOc1cc(C(=O)N2CCC(COC)CC2)cc(OCC)c1OCC. The first-order valence-electron chi connectivity index (χ1n) is 9.49. The van der Waals surface area contributed by atoms with Crippen LogP contribution in [0.5, 0.6) is 17.2 Å². The predicted octanol–water partition coefficient (Wildman–Crippen LogP) is 3.38. The zero-order chi connectivity index (χ0) is 18.9. The topological polar surface area (TPSA) is 57.2 Å². The molecule has 1 aromatic carbocycles. The zero-order valence-electron chi connectivity index (χ0n) is 16.4. The molecule has 0 N–H and O–H groups in total. The van der Waals surface area contributed by atoms with Gasteiger partial charge in [-0.25, -0.2) is 0 Å². The Hall–Kier alpha value is -1.95. The summed E-state index contributed by atoms with van der Waals surface area (Å²) in [5.74, 6) is 2.20. The fourth-order valence-corrected chi connectivity index (χ4v) is 3.23. The van der Waals surface area contributed by atoms with Crippen LogP contribution in [0.3, 0.4) is 0 Å². The number of carbonyl (C=O) groups is 1. The lowest BCUT2D eigenvalue weighted by Gasteiger charge is -2.32. The van der Waals surface area contributed by atoms with Crippen LogP contribution in [0.25, 0.3) is 0 Å². The molecule has 0 spiro atoms. The monoisotopic (exact) mass is 365 g/mol. The predicted molar refractivity (Wildman–Crippen MR) is 100 cm³/mol. The highest BCUT2D eigenvalue weighted by Gasteiger charge is 2.26. The highest BCUT2D eigenvalue weighted by molar-refractivity contribution is 5.95. The summed E-state index contributed by atoms with van der Waals surface area (Å²) in [6.07, 6.45) is 1.93. The second kappa shape index (κ2) is 10.3. The number of nitrogens with zero attached hydrogens (tertiary/aromatic N) is 1. The van der Waals surface area contributed by atoms with Crippen LogP contribution in [0.2, 0.25) is 0 Å². The normalized spacial score (nSPS) is 15.0. The van der Waals surface area contributed by atoms with E-state index < -0.39 is 0 Å². The van der Waals surface area contributed by atoms with Crippen LogP contribution in [0.1, 0.15) is 44.0 Å². The molecular weight excluding hydrogens is 334 g/mol. The second-order valence-corrected chi connectivity index (χ2v) is 6.29. The standard InChI is InChI=1S/C20H31NO5/c1-5-24-17-12-16(13-18(25-6-2)19(17)26-7-3)20(22)21-10-8-15(9-11-21)14-23-4/h12-13,15H,5-11,14H2,1-4H3. The van der Waals surface area contributed by atoms with E-state index in [4.69, 9.17) is 18.9 Å². The molecule has 0 atom stereocenters. The van der Waals surface area contributed by atoms with Crippen LogP contribution in [0.15, 0.2) is 12.1 Å². The first kappa shape index (κ1) is 20.4. The summed E-state index contributed by atoms with van der Waals surface area (Å²) in [7, 11) is 1.72. The lowest BCUT2D eigenvalue weighted by atomic mass is 9.97. The van der Waals surface area contributed by atoms with Crippen molar-refractivity contribution in [2.45, 2.75) is 33.6 Å². The molecule has 1 amide bonds. The van der Waals surface area contributed by atoms with Crippen molar-refractivity contribution in [3.63, 3.8) is 0 Å². The molecule has 146 valence electrons. The largest absolute Gasteiger partial charge is 0.490 e. The van der Waals surface area contributed by atoms with E-state index in [1.165, 1.54) is 0 Å². The maximum Gasteiger partial charge on any atom is 0.254 e. The molecule has 0 unspecified atom stereocenters. The number of methoxy groups -OCH3 is 1. The third-order valence-electron chi connectivity index (χ3n) is 4.46. The van der Waals surface area contributed by atoms with Gasteiger partial charge in [0, 0.05) is 32.4 Å². The number of benzene rings is 1. The van der Waals surface area contributed by atoms with Crippen molar-refractivity contribution in [3.05, 3.63) is 17.7 Å². The van der Waals surface area contributed by atoms with E-state index in [-0.39, 0.29) is 5.91 Å². The number of hydrogen-bond acceptors (Lipinski definition) is 5. The summed E-state index contributed by atoms with van der Waals surface area (Å²) in [5, 5.41) is 0. The molecular formula is C20H31NO5. The molecule has 1 aromatic rings. The molecule has 6 nitrogen and oxygen atoms in total. The second-order valence-electron chi connectivity index (χ2n) is 6.29. The lowest BCUT2D eigenvalue weighted by Crippen LogP contribution is -2.39. The van der Waals surface area contributed by atoms with Crippen molar-refractivity contribution in [2.24, 2.45) is 5.92 Å². The van der Waals surface area contributed by atoms with E-state index in [0.717, 1.165) is 32.5 Å². The summed E-state index contributed by atoms with van der Waals surface area (Å²) in [6.45, 7) is 9.46. The van der Waals surface area contributed by atoms with E-state index >= 15 is 0 Å². The molecule has 1 fully saturated rings. The van der Waals surface area contributed by atoms with Crippen molar-refractivity contribution in [1.82, 2.24) is 4.90 Å². The Morgan fingerprint density at radius 2 is 1.54 bits per heavy atom. The maximum atomic E-state index is 13.0. The Morgan fingerprint density at radius 1 is 1.00 bits per heavy atom. The van der Waals surface area contributed by atoms with Crippen molar-refractivity contribution in [2.75, 3.05) is 46.6 Å². The quantitative estimate of drug-likeness (QED) is 0.671. The third kappa shape index (κ3) is 5.04. The number of hydrogen-bond donors (Lipinski definition) is 0. The van der Waals surface area contributed by atoms with Gasteiger partial charge in [-0.1, -0.05) is 0 Å². The first-order valence-corrected chi connectivity index (χ1v) is 9.49. The van der Waals surface area contributed by atoms with Crippen molar-refractivity contribution < 1.29 is 23.7 Å². The van der Waals surface area contributed by atoms with Crippen molar-refractivity contribution in [3.8, 4) is 17.2 Å².